The number of carbonyl (C=O) groups excluding carboxylic acids is 2. The predicted octanol–water partition coefficient (Wildman–Crippen LogP) is 2.35. The van der Waals surface area contributed by atoms with Gasteiger partial charge in [-0.15, -0.1) is 0 Å². The molecule has 0 saturated heterocycles. The average molecular weight is 426 g/mol. The van der Waals surface area contributed by atoms with E-state index in [4.69, 9.17) is 5.26 Å². The van der Waals surface area contributed by atoms with Gasteiger partial charge in [-0.25, -0.2) is 13.6 Å². The number of halogens is 2. The first-order chi connectivity index (χ1) is 14.9. The number of benzene rings is 1. The zero-order chi connectivity index (χ0) is 21.8. The summed E-state index contributed by atoms with van der Waals surface area (Å²) < 4.78 is 28.7. The Hall–Kier alpha value is -3.48. The Morgan fingerprint density at radius 1 is 1.39 bits per heavy atom. The van der Waals surface area contributed by atoms with E-state index in [0.717, 1.165) is 11.8 Å². The number of carbonyl (C=O) groups is 2. The molecule has 3 amide bonds. The highest BCUT2D eigenvalue weighted by Crippen LogP contribution is 2.45. The van der Waals surface area contributed by atoms with E-state index in [1.54, 1.807) is 15.7 Å². The fraction of sp³-hybridized carbons (Fsp3) is 0.429. The van der Waals surface area contributed by atoms with Crippen molar-refractivity contribution < 1.29 is 18.4 Å². The number of aromatic nitrogens is 2. The van der Waals surface area contributed by atoms with Crippen molar-refractivity contribution in [3.63, 3.8) is 0 Å². The van der Waals surface area contributed by atoms with Crippen molar-refractivity contribution in [3.05, 3.63) is 46.5 Å². The van der Waals surface area contributed by atoms with Crippen LogP contribution >= 0.6 is 0 Å². The molecule has 1 aliphatic carbocycles. The van der Waals surface area contributed by atoms with Crippen LogP contribution in [-0.4, -0.2) is 45.9 Å². The van der Waals surface area contributed by atoms with Crippen molar-refractivity contribution in [1.82, 2.24) is 20.0 Å². The molecule has 1 fully saturated rings. The Morgan fingerprint density at radius 3 is 2.94 bits per heavy atom. The Bertz CT molecular complexity index is 1130. The summed E-state index contributed by atoms with van der Waals surface area (Å²) in [5.74, 6) is -0.910. The van der Waals surface area contributed by atoms with Crippen LogP contribution < -0.4 is 10.6 Å². The van der Waals surface area contributed by atoms with E-state index in [2.05, 4.69) is 15.7 Å². The Labute approximate surface area is 176 Å². The lowest BCUT2D eigenvalue weighted by atomic mass is 9.67. The predicted molar refractivity (Wildman–Crippen MR) is 105 cm³/mol. The molecule has 0 unspecified atom stereocenters. The molecule has 2 aromatic rings. The lowest BCUT2D eigenvalue weighted by molar-refractivity contribution is 0.0118. The van der Waals surface area contributed by atoms with E-state index in [0.29, 0.717) is 55.8 Å². The van der Waals surface area contributed by atoms with Gasteiger partial charge in [-0.2, -0.15) is 10.4 Å². The third-order valence-electron chi connectivity index (χ3n) is 6.36. The third kappa shape index (κ3) is 3.30. The standard InChI is InChI=1S/C21H20F2N6O2/c22-13-6-21(7-13)10-25-19(30)18-15-9-28(4-3-17(15)27-29(18)11-21)20(31)26-14-1-2-16(23)12(5-14)8-24/h1-2,5,13H,3-4,6-7,9-11H2,(H,25,30)(H,26,31). The minimum absolute atomic E-state index is 0.155. The van der Waals surface area contributed by atoms with Gasteiger partial charge in [0.05, 0.1) is 17.8 Å². The molecule has 1 aromatic heterocycles. The Kier molecular flexibility index (Phi) is 4.43. The van der Waals surface area contributed by atoms with E-state index in [9.17, 15) is 18.4 Å². The number of nitrogens with zero attached hydrogens (tertiary/aromatic N) is 4. The molecule has 31 heavy (non-hydrogen) atoms. The van der Waals surface area contributed by atoms with Crippen molar-refractivity contribution in [2.24, 2.45) is 5.41 Å². The van der Waals surface area contributed by atoms with Crippen molar-refractivity contribution in [3.8, 4) is 6.07 Å². The summed E-state index contributed by atoms with van der Waals surface area (Å²) in [5, 5.41) is 19.2. The van der Waals surface area contributed by atoms with Crippen molar-refractivity contribution in [1.29, 1.82) is 5.26 Å². The van der Waals surface area contributed by atoms with Gasteiger partial charge in [0.25, 0.3) is 5.91 Å². The summed E-state index contributed by atoms with van der Waals surface area (Å²) in [6.45, 7) is 1.50. The summed E-state index contributed by atoms with van der Waals surface area (Å²) in [6.07, 6.45) is 0.472. The van der Waals surface area contributed by atoms with Gasteiger partial charge in [0.15, 0.2) is 0 Å². The van der Waals surface area contributed by atoms with Gasteiger partial charge in [-0.1, -0.05) is 0 Å². The number of urea groups is 1. The summed E-state index contributed by atoms with van der Waals surface area (Å²) in [7, 11) is 0. The first-order valence-electron chi connectivity index (χ1n) is 10.1. The zero-order valence-electron chi connectivity index (χ0n) is 16.6. The normalized spacial score (nSPS) is 24.4. The highest BCUT2D eigenvalue weighted by Gasteiger charge is 2.48. The van der Waals surface area contributed by atoms with Gasteiger partial charge < -0.3 is 15.5 Å². The van der Waals surface area contributed by atoms with Crippen LogP contribution in [0.2, 0.25) is 0 Å². The number of hydrogen-bond donors (Lipinski definition) is 2. The lowest BCUT2D eigenvalue weighted by Gasteiger charge is -2.43. The molecule has 160 valence electrons. The molecule has 3 aliphatic rings. The number of amides is 3. The molecular weight excluding hydrogens is 406 g/mol. The average Bonchev–Trinajstić information content (AvgIpc) is 3.02. The highest BCUT2D eigenvalue weighted by atomic mass is 19.1. The summed E-state index contributed by atoms with van der Waals surface area (Å²) >= 11 is 0. The lowest BCUT2D eigenvalue weighted by Crippen LogP contribution is -2.48. The number of nitrogens with one attached hydrogen (secondary N) is 2. The molecule has 1 aromatic carbocycles. The largest absolute Gasteiger partial charge is 0.350 e. The first-order valence-corrected chi connectivity index (χ1v) is 10.1. The second-order valence-electron chi connectivity index (χ2n) is 8.53. The van der Waals surface area contributed by atoms with Gasteiger partial charge in [-0.3, -0.25) is 9.48 Å². The van der Waals surface area contributed by atoms with Gasteiger partial charge in [0, 0.05) is 42.7 Å². The van der Waals surface area contributed by atoms with Crippen LogP contribution in [0.3, 0.4) is 0 Å². The number of nitriles is 1. The van der Waals surface area contributed by atoms with Gasteiger partial charge >= 0.3 is 6.03 Å². The molecule has 3 heterocycles. The molecule has 1 saturated carbocycles. The van der Waals surface area contributed by atoms with Crippen LogP contribution in [-0.2, 0) is 19.5 Å². The van der Waals surface area contributed by atoms with Crippen LogP contribution in [0.4, 0.5) is 19.3 Å². The van der Waals surface area contributed by atoms with Gasteiger partial charge in [0.2, 0.25) is 0 Å². The van der Waals surface area contributed by atoms with Crippen molar-refractivity contribution >= 4 is 17.6 Å². The van der Waals surface area contributed by atoms with Crippen LogP contribution in [0.25, 0.3) is 0 Å². The smallest absolute Gasteiger partial charge is 0.322 e. The fourth-order valence-electron chi connectivity index (χ4n) is 4.74. The number of anilines is 1. The highest BCUT2D eigenvalue weighted by molar-refractivity contribution is 5.95. The van der Waals surface area contributed by atoms with Gasteiger partial charge in [0.1, 0.15) is 23.8 Å². The first kappa shape index (κ1) is 19.5. The quantitative estimate of drug-likeness (QED) is 0.731. The Morgan fingerprint density at radius 2 is 2.19 bits per heavy atom. The van der Waals surface area contributed by atoms with Gasteiger partial charge in [-0.05, 0) is 31.0 Å². The van der Waals surface area contributed by atoms with E-state index in [1.165, 1.54) is 12.1 Å². The third-order valence-corrected chi connectivity index (χ3v) is 6.36. The van der Waals surface area contributed by atoms with Crippen LogP contribution in [0.1, 0.15) is 40.2 Å². The molecule has 0 radical (unpaired) electrons. The number of rotatable bonds is 1. The molecule has 1 spiro atoms. The maximum atomic E-state index is 13.5. The van der Waals surface area contributed by atoms with E-state index in [1.807, 2.05) is 0 Å². The molecule has 5 rings (SSSR count). The minimum Gasteiger partial charge on any atom is -0.350 e. The maximum absolute atomic E-state index is 13.5. The molecular formula is C21H20F2N6O2. The topological polar surface area (TPSA) is 103 Å². The summed E-state index contributed by atoms with van der Waals surface area (Å²) in [5.41, 5.74) is 1.76. The van der Waals surface area contributed by atoms with E-state index in [-0.39, 0.29) is 23.4 Å². The van der Waals surface area contributed by atoms with Crippen LogP contribution in [0.15, 0.2) is 18.2 Å². The van der Waals surface area contributed by atoms with E-state index >= 15 is 0 Å². The van der Waals surface area contributed by atoms with Crippen LogP contribution in [0, 0.1) is 22.6 Å². The number of alkyl halides is 1. The van der Waals surface area contributed by atoms with E-state index < -0.39 is 18.0 Å². The SMILES string of the molecule is N#Cc1cc(NC(=O)N2CCc3nn4c(c3C2)C(=O)NCC2(CC(F)C2)C4)ccc1F. The molecule has 8 nitrogen and oxygen atoms in total. The Balaban J connectivity index is 1.36. The zero-order valence-corrected chi connectivity index (χ0v) is 16.6. The second kappa shape index (κ2) is 7.04. The molecule has 2 aliphatic heterocycles. The molecule has 10 heteroatoms. The summed E-state index contributed by atoms with van der Waals surface area (Å²) in [6, 6.07) is 5.12. The minimum atomic E-state index is -0.837. The van der Waals surface area contributed by atoms with Crippen LogP contribution in [0.5, 0.6) is 0 Å². The van der Waals surface area contributed by atoms with Crippen molar-refractivity contribution in [2.75, 3.05) is 18.4 Å². The fourth-order valence-corrected chi connectivity index (χ4v) is 4.74. The summed E-state index contributed by atoms with van der Waals surface area (Å²) in [4.78, 5) is 27.1. The number of fused-ring (bicyclic) bond motifs is 3. The molecule has 0 bridgehead atoms. The molecule has 0 atom stereocenters. The number of hydrogen-bond acceptors (Lipinski definition) is 4. The maximum Gasteiger partial charge on any atom is 0.322 e. The monoisotopic (exact) mass is 426 g/mol. The molecule has 2 N–H and O–H groups in total. The second-order valence-corrected chi connectivity index (χ2v) is 8.53. The van der Waals surface area contributed by atoms with Crippen molar-refractivity contribution in [2.45, 2.75) is 38.5 Å².